The number of piperidine rings is 1. The number of aromatic nitrogens is 1. The Hall–Kier alpha value is -1.41. The first kappa shape index (κ1) is 17.0. The lowest BCUT2D eigenvalue weighted by Gasteiger charge is -2.32. The molecule has 1 aliphatic rings. The molecule has 0 spiro atoms. The highest BCUT2D eigenvalue weighted by Crippen LogP contribution is 2.22. The maximum atomic E-state index is 12.6. The van der Waals surface area contributed by atoms with Crippen LogP contribution in [0.3, 0.4) is 0 Å². The Morgan fingerprint density at radius 3 is 2.68 bits per heavy atom. The van der Waals surface area contributed by atoms with E-state index in [2.05, 4.69) is 5.16 Å². The smallest absolute Gasteiger partial charge is 0.227 e. The summed E-state index contributed by atoms with van der Waals surface area (Å²) in [5.74, 6) is 0.390. The van der Waals surface area contributed by atoms with Crippen LogP contribution in [-0.2, 0) is 21.4 Å². The van der Waals surface area contributed by atoms with Crippen LogP contribution in [-0.4, -0.2) is 55.1 Å². The van der Waals surface area contributed by atoms with Crippen molar-refractivity contribution in [2.24, 2.45) is 5.92 Å². The van der Waals surface area contributed by atoms with E-state index < -0.39 is 10.0 Å². The van der Waals surface area contributed by atoms with Gasteiger partial charge in [0.2, 0.25) is 15.9 Å². The molecular weight excluding hydrogens is 306 g/mol. The summed E-state index contributed by atoms with van der Waals surface area (Å²) < 4.78 is 29.8. The number of aryl methyl sites for hydroxylation is 2. The molecule has 1 aromatic rings. The van der Waals surface area contributed by atoms with Crippen LogP contribution in [0, 0.1) is 19.8 Å². The predicted molar refractivity (Wildman–Crippen MR) is 81.6 cm³/mol. The number of nitrogens with zero attached hydrogens (tertiary/aromatic N) is 3. The Kier molecular flexibility index (Phi) is 4.91. The normalized spacial score (nSPS) is 20.1. The molecule has 0 saturated carbocycles. The van der Waals surface area contributed by atoms with Gasteiger partial charge in [0.25, 0.3) is 0 Å². The summed E-state index contributed by atoms with van der Waals surface area (Å²) >= 11 is 0. The van der Waals surface area contributed by atoms with Crippen molar-refractivity contribution in [2.75, 3.05) is 26.4 Å². The fourth-order valence-corrected chi connectivity index (χ4v) is 3.71. The first-order chi connectivity index (χ1) is 10.2. The van der Waals surface area contributed by atoms with Gasteiger partial charge in [-0.15, -0.1) is 0 Å². The third kappa shape index (κ3) is 3.67. The Bertz CT molecular complexity index is 634. The van der Waals surface area contributed by atoms with Crippen LogP contribution in [0.2, 0.25) is 0 Å². The van der Waals surface area contributed by atoms with Crippen LogP contribution in [0.4, 0.5) is 0 Å². The van der Waals surface area contributed by atoms with Crippen LogP contribution >= 0.6 is 0 Å². The molecule has 124 valence electrons. The summed E-state index contributed by atoms with van der Waals surface area (Å²) in [5.41, 5.74) is 1.69. The summed E-state index contributed by atoms with van der Waals surface area (Å²) in [4.78, 5) is 14.2. The van der Waals surface area contributed by atoms with Gasteiger partial charge in [-0.2, -0.15) is 0 Å². The fourth-order valence-electron chi connectivity index (χ4n) is 2.80. The van der Waals surface area contributed by atoms with E-state index in [1.807, 2.05) is 13.8 Å². The molecular formula is C14H23N3O4S. The van der Waals surface area contributed by atoms with Gasteiger partial charge in [0, 0.05) is 25.7 Å². The maximum Gasteiger partial charge on any atom is 0.227 e. The molecule has 2 heterocycles. The van der Waals surface area contributed by atoms with Crippen molar-refractivity contribution in [3.63, 3.8) is 0 Å². The van der Waals surface area contributed by atoms with Gasteiger partial charge in [0.15, 0.2) is 0 Å². The van der Waals surface area contributed by atoms with Crippen molar-refractivity contribution < 1.29 is 17.7 Å². The van der Waals surface area contributed by atoms with Crippen molar-refractivity contribution >= 4 is 15.9 Å². The predicted octanol–water partition coefficient (Wildman–Crippen LogP) is 0.921. The van der Waals surface area contributed by atoms with Gasteiger partial charge in [-0.3, -0.25) is 4.79 Å². The molecule has 1 amide bonds. The zero-order valence-electron chi connectivity index (χ0n) is 13.5. The molecule has 22 heavy (non-hydrogen) atoms. The highest BCUT2D eigenvalue weighted by atomic mass is 32.2. The number of rotatable bonds is 4. The largest absolute Gasteiger partial charge is 0.361 e. The quantitative estimate of drug-likeness (QED) is 0.820. The lowest BCUT2D eigenvalue weighted by atomic mass is 9.98. The van der Waals surface area contributed by atoms with Crippen molar-refractivity contribution in [2.45, 2.75) is 33.2 Å². The molecule has 8 heteroatoms. The van der Waals surface area contributed by atoms with E-state index in [9.17, 15) is 13.2 Å². The molecule has 1 unspecified atom stereocenters. The van der Waals surface area contributed by atoms with E-state index in [0.29, 0.717) is 25.3 Å². The Morgan fingerprint density at radius 2 is 2.14 bits per heavy atom. The SMILES string of the molecule is Cc1noc(C)c1CN(C)C(=O)C1CCCN(S(C)(=O)=O)C1. The van der Waals surface area contributed by atoms with Gasteiger partial charge in [0.05, 0.1) is 24.4 Å². The summed E-state index contributed by atoms with van der Waals surface area (Å²) in [7, 11) is -1.51. The second-order valence-electron chi connectivity index (χ2n) is 5.96. The van der Waals surface area contributed by atoms with E-state index >= 15 is 0 Å². The van der Waals surface area contributed by atoms with Crippen LogP contribution in [0.1, 0.15) is 29.9 Å². The molecule has 0 radical (unpaired) electrons. The van der Waals surface area contributed by atoms with E-state index in [4.69, 9.17) is 4.52 Å². The lowest BCUT2D eigenvalue weighted by Crippen LogP contribution is -2.45. The van der Waals surface area contributed by atoms with Crippen molar-refractivity contribution in [1.82, 2.24) is 14.4 Å². The van der Waals surface area contributed by atoms with E-state index in [1.165, 1.54) is 10.6 Å². The molecule has 0 aromatic carbocycles. The molecule has 1 aromatic heterocycles. The average Bonchev–Trinajstić information content (AvgIpc) is 2.77. The molecule has 1 atom stereocenters. The topological polar surface area (TPSA) is 83.7 Å². The summed E-state index contributed by atoms with van der Waals surface area (Å²) in [6.07, 6.45) is 2.62. The zero-order valence-corrected chi connectivity index (χ0v) is 14.3. The number of carbonyl (C=O) groups excluding carboxylic acids is 1. The molecule has 2 rings (SSSR count). The van der Waals surface area contributed by atoms with Gasteiger partial charge in [-0.1, -0.05) is 5.16 Å². The minimum atomic E-state index is -3.24. The second kappa shape index (κ2) is 6.37. The molecule has 1 fully saturated rings. The van der Waals surface area contributed by atoms with Crippen LogP contribution in [0.25, 0.3) is 0 Å². The Labute approximate surface area is 131 Å². The standard InChI is InChI=1S/C14H23N3O4S/c1-10-13(11(2)21-15-10)9-16(3)14(18)12-6-5-7-17(8-12)22(4,19)20/h12H,5-9H2,1-4H3. The molecule has 0 bridgehead atoms. The molecule has 7 nitrogen and oxygen atoms in total. The van der Waals surface area contributed by atoms with Crippen LogP contribution < -0.4 is 0 Å². The number of amides is 1. The molecule has 0 aliphatic carbocycles. The Morgan fingerprint density at radius 1 is 1.45 bits per heavy atom. The number of hydrogen-bond acceptors (Lipinski definition) is 5. The van der Waals surface area contributed by atoms with Gasteiger partial charge in [-0.25, -0.2) is 12.7 Å². The summed E-state index contributed by atoms with van der Waals surface area (Å²) in [5, 5.41) is 3.88. The number of carbonyl (C=O) groups is 1. The molecule has 1 saturated heterocycles. The second-order valence-corrected chi connectivity index (χ2v) is 7.94. The van der Waals surface area contributed by atoms with Gasteiger partial charge >= 0.3 is 0 Å². The Balaban J connectivity index is 2.04. The van der Waals surface area contributed by atoms with Gasteiger partial charge in [0.1, 0.15) is 5.76 Å². The fraction of sp³-hybridized carbons (Fsp3) is 0.714. The third-order valence-electron chi connectivity index (χ3n) is 4.16. The number of hydrogen-bond donors (Lipinski definition) is 0. The minimum Gasteiger partial charge on any atom is -0.361 e. The van der Waals surface area contributed by atoms with E-state index in [0.717, 1.165) is 17.7 Å². The van der Waals surface area contributed by atoms with E-state index in [1.54, 1.807) is 11.9 Å². The summed E-state index contributed by atoms with van der Waals surface area (Å²) in [6.45, 7) is 4.85. The van der Waals surface area contributed by atoms with E-state index in [-0.39, 0.29) is 18.4 Å². The highest BCUT2D eigenvalue weighted by molar-refractivity contribution is 7.88. The van der Waals surface area contributed by atoms with Crippen molar-refractivity contribution in [1.29, 1.82) is 0 Å². The monoisotopic (exact) mass is 329 g/mol. The van der Waals surface area contributed by atoms with Crippen LogP contribution in [0.5, 0.6) is 0 Å². The number of sulfonamides is 1. The van der Waals surface area contributed by atoms with Gasteiger partial charge in [-0.05, 0) is 26.7 Å². The van der Waals surface area contributed by atoms with Gasteiger partial charge < -0.3 is 9.42 Å². The highest BCUT2D eigenvalue weighted by Gasteiger charge is 2.32. The van der Waals surface area contributed by atoms with Crippen molar-refractivity contribution in [3.8, 4) is 0 Å². The molecule has 0 N–H and O–H groups in total. The first-order valence-electron chi connectivity index (χ1n) is 7.32. The lowest BCUT2D eigenvalue weighted by molar-refractivity contribution is -0.135. The molecule has 1 aliphatic heterocycles. The maximum absolute atomic E-state index is 12.6. The van der Waals surface area contributed by atoms with Crippen molar-refractivity contribution in [3.05, 3.63) is 17.0 Å². The first-order valence-corrected chi connectivity index (χ1v) is 9.17. The zero-order chi connectivity index (χ0) is 16.5. The average molecular weight is 329 g/mol. The summed E-state index contributed by atoms with van der Waals surface area (Å²) in [6, 6.07) is 0. The van der Waals surface area contributed by atoms with Crippen LogP contribution in [0.15, 0.2) is 4.52 Å². The third-order valence-corrected chi connectivity index (χ3v) is 5.42. The minimum absolute atomic E-state index is 0.0339.